The standard InChI is InChI=1S/C17H24N2O4S/c1-13-3-4-14(11-16(13)23-2)17(20)19-8-6-18(7-9-19)15-5-10-24(21,22)12-15/h3-4,11,15H,5-10,12H2,1-2H3/p+1/t15-/m0/s1. The predicted octanol–water partition coefficient (Wildman–Crippen LogP) is -0.469. The molecular weight excluding hydrogens is 328 g/mol. The van der Waals surface area contributed by atoms with Gasteiger partial charge in [-0.3, -0.25) is 4.79 Å². The lowest BCUT2D eigenvalue weighted by Gasteiger charge is -2.35. The Kier molecular flexibility index (Phi) is 4.83. The van der Waals surface area contributed by atoms with E-state index in [4.69, 9.17) is 4.74 Å². The summed E-state index contributed by atoms with van der Waals surface area (Å²) in [5, 5.41) is 0. The molecule has 2 aliphatic rings. The molecule has 1 aromatic rings. The predicted molar refractivity (Wildman–Crippen MR) is 91.4 cm³/mol. The molecule has 2 saturated heterocycles. The van der Waals surface area contributed by atoms with Crippen LogP contribution in [-0.2, 0) is 9.84 Å². The number of benzene rings is 1. The van der Waals surface area contributed by atoms with Gasteiger partial charge in [0.15, 0.2) is 9.84 Å². The highest BCUT2D eigenvalue weighted by atomic mass is 32.2. The molecule has 1 amide bonds. The molecule has 0 spiro atoms. The number of piperazine rings is 1. The maximum atomic E-state index is 12.7. The number of hydrogen-bond acceptors (Lipinski definition) is 4. The molecule has 7 heteroatoms. The minimum atomic E-state index is -2.84. The van der Waals surface area contributed by atoms with Gasteiger partial charge in [0.25, 0.3) is 5.91 Å². The molecule has 2 fully saturated rings. The van der Waals surface area contributed by atoms with Gasteiger partial charge in [-0.05, 0) is 24.6 Å². The molecule has 0 radical (unpaired) electrons. The van der Waals surface area contributed by atoms with Gasteiger partial charge in [0.05, 0.1) is 39.0 Å². The number of hydrogen-bond donors (Lipinski definition) is 1. The Morgan fingerprint density at radius 2 is 2.00 bits per heavy atom. The van der Waals surface area contributed by atoms with Gasteiger partial charge in [-0.15, -0.1) is 0 Å². The first-order chi connectivity index (χ1) is 11.4. The van der Waals surface area contributed by atoms with Crippen LogP contribution in [0.2, 0.25) is 0 Å². The smallest absolute Gasteiger partial charge is 0.254 e. The van der Waals surface area contributed by atoms with Gasteiger partial charge >= 0.3 is 0 Å². The van der Waals surface area contributed by atoms with E-state index in [0.717, 1.165) is 30.8 Å². The maximum absolute atomic E-state index is 12.7. The molecule has 0 unspecified atom stereocenters. The molecule has 0 aromatic heterocycles. The second-order valence-electron chi connectivity index (χ2n) is 6.73. The number of rotatable bonds is 3. The summed E-state index contributed by atoms with van der Waals surface area (Å²) in [7, 11) is -1.24. The fourth-order valence-electron chi connectivity index (χ4n) is 3.66. The van der Waals surface area contributed by atoms with Crippen LogP contribution in [0.1, 0.15) is 22.3 Å². The van der Waals surface area contributed by atoms with Crippen LogP contribution in [0.25, 0.3) is 0 Å². The lowest BCUT2D eigenvalue weighted by Crippen LogP contribution is -3.18. The fraction of sp³-hybridized carbons (Fsp3) is 0.588. The molecule has 1 N–H and O–H groups in total. The Bertz CT molecular complexity index is 724. The van der Waals surface area contributed by atoms with Crippen molar-refractivity contribution in [2.75, 3.05) is 44.8 Å². The number of sulfone groups is 1. The van der Waals surface area contributed by atoms with Crippen LogP contribution < -0.4 is 9.64 Å². The van der Waals surface area contributed by atoms with E-state index in [9.17, 15) is 13.2 Å². The van der Waals surface area contributed by atoms with Crippen LogP contribution in [-0.4, -0.2) is 70.1 Å². The van der Waals surface area contributed by atoms with Crippen molar-refractivity contribution >= 4 is 15.7 Å². The molecule has 132 valence electrons. The fourth-order valence-corrected chi connectivity index (χ4v) is 5.48. The molecule has 1 aromatic carbocycles. The van der Waals surface area contributed by atoms with Crippen LogP contribution in [0.4, 0.5) is 0 Å². The number of ether oxygens (including phenoxy) is 1. The third-order valence-corrected chi connectivity index (χ3v) is 6.93. The van der Waals surface area contributed by atoms with Crippen molar-refractivity contribution in [3.05, 3.63) is 29.3 Å². The first-order valence-electron chi connectivity index (χ1n) is 8.38. The van der Waals surface area contributed by atoms with E-state index in [1.54, 1.807) is 13.2 Å². The molecule has 24 heavy (non-hydrogen) atoms. The highest BCUT2D eigenvalue weighted by Crippen LogP contribution is 2.20. The lowest BCUT2D eigenvalue weighted by molar-refractivity contribution is -0.925. The second kappa shape index (κ2) is 6.72. The number of quaternary nitrogens is 1. The molecule has 1 atom stereocenters. The number of nitrogens with one attached hydrogen (secondary N) is 1. The summed E-state index contributed by atoms with van der Waals surface area (Å²) in [6.45, 7) is 4.91. The monoisotopic (exact) mass is 353 g/mol. The quantitative estimate of drug-likeness (QED) is 0.798. The highest BCUT2D eigenvalue weighted by molar-refractivity contribution is 7.91. The van der Waals surface area contributed by atoms with E-state index in [1.807, 2.05) is 24.0 Å². The Balaban J connectivity index is 1.61. The van der Waals surface area contributed by atoms with E-state index < -0.39 is 9.84 Å². The zero-order valence-electron chi connectivity index (χ0n) is 14.2. The zero-order valence-corrected chi connectivity index (χ0v) is 15.1. The summed E-state index contributed by atoms with van der Waals surface area (Å²) in [4.78, 5) is 15.9. The summed E-state index contributed by atoms with van der Waals surface area (Å²) in [5.74, 6) is 1.35. The molecule has 2 aliphatic heterocycles. The van der Waals surface area contributed by atoms with E-state index in [0.29, 0.717) is 30.2 Å². The lowest BCUT2D eigenvalue weighted by atomic mass is 10.1. The average molecular weight is 353 g/mol. The normalized spacial score (nSPS) is 24.1. The molecule has 3 rings (SSSR count). The highest BCUT2D eigenvalue weighted by Gasteiger charge is 2.37. The van der Waals surface area contributed by atoms with Crippen molar-refractivity contribution in [2.45, 2.75) is 19.4 Å². The van der Waals surface area contributed by atoms with Gasteiger partial charge in [-0.25, -0.2) is 8.42 Å². The van der Waals surface area contributed by atoms with Crippen LogP contribution >= 0.6 is 0 Å². The van der Waals surface area contributed by atoms with Gasteiger partial charge in [0, 0.05) is 12.0 Å². The van der Waals surface area contributed by atoms with E-state index in [-0.39, 0.29) is 11.9 Å². The van der Waals surface area contributed by atoms with Gasteiger partial charge < -0.3 is 14.5 Å². The number of nitrogens with zero attached hydrogens (tertiary/aromatic N) is 1. The number of carbonyl (C=O) groups is 1. The van der Waals surface area contributed by atoms with Gasteiger partial charge in [-0.2, -0.15) is 0 Å². The number of methoxy groups -OCH3 is 1. The van der Waals surface area contributed by atoms with Crippen molar-refractivity contribution in [3.8, 4) is 5.75 Å². The third kappa shape index (κ3) is 3.57. The van der Waals surface area contributed by atoms with Crippen molar-refractivity contribution in [1.82, 2.24) is 4.90 Å². The molecular formula is C17H25N2O4S+. The van der Waals surface area contributed by atoms with Crippen LogP contribution in [0, 0.1) is 6.92 Å². The Hall–Kier alpha value is -1.60. The molecule has 2 heterocycles. The summed E-state index contributed by atoms with van der Waals surface area (Å²) in [5.41, 5.74) is 1.65. The SMILES string of the molecule is COc1cc(C(=O)N2CC[NH+]([C@H]3CCS(=O)(=O)C3)CC2)ccc1C. The van der Waals surface area contributed by atoms with Gasteiger partial charge in [0.2, 0.25) is 0 Å². The first kappa shape index (κ1) is 17.2. The van der Waals surface area contributed by atoms with Gasteiger partial charge in [0.1, 0.15) is 17.5 Å². The summed E-state index contributed by atoms with van der Waals surface area (Å²) >= 11 is 0. The minimum Gasteiger partial charge on any atom is -0.496 e. The topological polar surface area (TPSA) is 68.1 Å². The van der Waals surface area contributed by atoms with Crippen LogP contribution in [0.3, 0.4) is 0 Å². The maximum Gasteiger partial charge on any atom is 0.254 e. The molecule has 0 bridgehead atoms. The van der Waals surface area contributed by atoms with E-state index in [1.165, 1.54) is 4.90 Å². The average Bonchev–Trinajstić information content (AvgIpc) is 2.95. The molecule has 0 aliphatic carbocycles. The Morgan fingerprint density at radius 1 is 1.29 bits per heavy atom. The molecule has 6 nitrogen and oxygen atoms in total. The van der Waals surface area contributed by atoms with Crippen LogP contribution in [0.5, 0.6) is 5.75 Å². The summed E-state index contributed by atoms with van der Waals surface area (Å²) in [6, 6.07) is 5.73. The van der Waals surface area contributed by atoms with E-state index in [2.05, 4.69) is 0 Å². The summed E-state index contributed by atoms with van der Waals surface area (Å²) in [6.07, 6.45) is 0.751. The Morgan fingerprint density at radius 3 is 2.58 bits per heavy atom. The van der Waals surface area contributed by atoms with Crippen molar-refractivity contribution in [1.29, 1.82) is 0 Å². The summed E-state index contributed by atoms with van der Waals surface area (Å²) < 4.78 is 28.6. The zero-order chi connectivity index (χ0) is 17.3. The van der Waals surface area contributed by atoms with E-state index >= 15 is 0 Å². The Labute approximate surface area is 143 Å². The first-order valence-corrected chi connectivity index (χ1v) is 10.2. The van der Waals surface area contributed by atoms with Crippen LogP contribution in [0.15, 0.2) is 18.2 Å². The van der Waals surface area contributed by atoms with Crippen molar-refractivity contribution < 1.29 is 22.8 Å². The largest absolute Gasteiger partial charge is 0.496 e. The second-order valence-corrected chi connectivity index (χ2v) is 8.96. The third-order valence-electron chi connectivity index (χ3n) is 5.16. The minimum absolute atomic E-state index is 0.0198. The van der Waals surface area contributed by atoms with Gasteiger partial charge in [-0.1, -0.05) is 6.07 Å². The number of amides is 1. The number of carbonyl (C=O) groups excluding carboxylic acids is 1. The molecule has 0 saturated carbocycles. The van der Waals surface area contributed by atoms with Crippen molar-refractivity contribution in [3.63, 3.8) is 0 Å². The van der Waals surface area contributed by atoms with Crippen molar-refractivity contribution in [2.24, 2.45) is 0 Å². The number of aryl methyl sites for hydroxylation is 1.